The van der Waals surface area contributed by atoms with Gasteiger partial charge in [0.2, 0.25) is 0 Å². The molecule has 0 bridgehead atoms. The van der Waals surface area contributed by atoms with Crippen molar-refractivity contribution in [3.8, 4) is 0 Å². The lowest BCUT2D eigenvalue weighted by molar-refractivity contribution is 1.96. The molecule has 0 N–H and O–H groups in total. The predicted octanol–water partition coefficient (Wildman–Crippen LogP) is 1.74. The van der Waals surface area contributed by atoms with Crippen molar-refractivity contribution >= 4 is 18.3 Å². The third kappa shape index (κ3) is 7.29. The van der Waals surface area contributed by atoms with Gasteiger partial charge in [-0.25, -0.2) is 0 Å². The number of hydrogen-bond donors (Lipinski definition) is 0. The Morgan fingerprint density at radius 2 is 1.18 bits per heavy atom. The Morgan fingerprint density at radius 3 is 1.18 bits per heavy atom. The van der Waals surface area contributed by atoms with Gasteiger partial charge in [-0.3, -0.25) is 0 Å². The van der Waals surface area contributed by atoms with Crippen molar-refractivity contribution in [2.45, 2.75) is 6.55 Å². The fraction of sp³-hybridized carbons (Fsp3) is 0.111. The van der Waals surface area contributed by atoms with E-state index in [-0.39, 0.29) is 0 Å². The van der Waals surface area contributed by atoms with Crippen LogP contribution >= 0.6 is 0 Å². The molecule has 0 aliphatic rings. The van der Waals surface area contributed by atoms with Crippen molar-refractivity contribution in [3.63, 3.8) is 0 Å². The van der Waals surface area contributed by atoms with Gasteiger partial charge in [0.15, 0.2) is 0 Å². The molecule has 0 fully saturated rings. The van der Waals surface area contributed by atoms with E-state index in [9.17, 15) is 0 Å². The van der Waals surface area contributed by atoms with Crippen LogP contribution in [0.25, 0.3) is 0 Å². The lowest BCUT2D eigenvalue weighted by Crippen LogP contribution is -2.20. The zero-order valence-corrected chi connectivity index (χ0v) is 10.6. The smallest absolute Gasteiger partial charge is 0.112 e. The maximum Gasteiger partial charge on any atom is 0.121 e. The Morgan fingerprint density at radius 1 is 1.00 bits per heavy atom. The third-order valence-electron chi connectivity index (χ3n) is 1.32. The minimum Gasteiger partial charge on any atom is -0.112 e. The van der Waals surface area contributed by atoms with Crippen LogP contribution in [0.1, 0.15) is 0 Å². The standard InChI is InChI=1S/C7H12Si.C2H6Si/c1-5-8(4,6-2)7-3;1-2-3/h5-7H,1-3H2,4H3;2H,1H2,3H3. The maximum atomic E-state index is 3.69. The molecule has 0 amide bonds. The van der Waals surface area contributed by atoms with Crippen molar-refractivity contribution in [1.29, 1.82) is 0 Å². The first-order chi connectivity index (χ1) is 5.10. The first-order valence-electron chi connectivity index (χ1n) is 3.58. The Bertz CT molecular complexity index is 126. The van der Waals surface area contributed by atoms with E-state index < -0.39 is 8.07 Å². The number of rotatable bonds is 3. The van der Waals surface area contributed by atoms with Gasteiger partial charge in [-0.1, -0.05) is 23.6 Å². The zero-order valence-electron chi connectivity index (χ0n) is 7.64. The molecule has 0 aliphatic carbocycles. The molecule has 0 aromatic rings. The minimum atomic E-state index is -1.38. The van der Waals surface area contributed by atoms with E-state index in [0.717, 1.165) is 10.2 Å². The van der Waals surface area contributed by atoms with Gasteiger partial charge >= 0.3 is 0 Å². The Labute approximate surface area is 74.5 Å². The molecule has 0 aromatic heterocycles. The summed E-state index contributed by atoms with van der Waals surface area (Å²) in [6, 6.07) is 0. The highest BCUT2D eigenvalue weighted by Crippen LogP contribution is 2.04. The second kappa shape index (κ2) is 7.50. The molecule has 0 radical (unpaired) electrons. The molecule has 0 rings (SSSR count). The largest absolute Gasteiger partial charge is 0.121 e. The molecule has 0 saturated heterocycles. The fourth-order valence-electron chi connectivity index (χ4n) is 0.250. The van der Waals surface area contributed by atoms with Gasteiger partial charge in [-0.2, -0.15) is 0 Å². The highest BCUT2D eigenvalue weighted by molar-refractivity contribution is 6.91. The molecular formula is C9H18Si2. The first kappa shape index (κ1) is 13.0. The topological polar surface area (TPSA) is 0 Å². The Kier molecular flexibility index (Phi) is 8.88. The van der Waals surface area contributed by atoms with Gasteiger partial charge in [0, 0.05) is 10.2 Å². The Hall–Kier alpha value is -0.606. The van der Waals surface area contributed by atoms with Crippen molar-refractivity contribution in [3.05, 3.63) is 49.1 Å². The summed E-state index contributed by atoms with van der Waals surface area (Å²) >= 11 is 0. The molecule has 11 heavy (non-hydrogen) atoms. The van der Waals surface area contributed by atoms with E-state index >= 15 is 0 Å². The molecule has 0 unspecified atom stereocenters. The van der Waals surface area contributed by atoms with Crippen molar-refractivity contribution in [2.75, 3.05) is 0 Å². The highest BCUT2D eigenvalue weighted by Gasteiger charge is 2.11. The maximum absolute atomic E-state index is 3.69. The monoisotopic (exact) mass is 182 g/mol. The molecule has 0 aliphatic heterocycles. The number of hydrogen-bond acceptors (Lipinski definition) is 0. The average molecular weight is 182 g/mol. The lowest BCUT2D eigenvalue weighted by atomic mass is 11.2. The van der Waals surface area contributed by atoms with Crippen LogP contribution in [0.4, 0.5) is 0 Å². The third-order valence-corrected chi connectivity index (χ3v) is 3.96. The molecule has 0 heterocycles. The van der Waals surface area contributed by atoms with Crippen molar-refractivity contribution < 1.29 is 0 Å². The lowest BCUT2D eigenvalue weighted by Gasteiger charge is -2.09. The SMILES string of the molecule is C=C[SiH3].C=C[Si](C)(C=C)C=C. The summed E-state index contributed by atoms with van der Waals surface area (Å²) in [5.74, 6) is 0. The highest BCUT2D eigenvalue weighted by atomic mass is 28.3. The van der Waals surface area contributed by atoms with Gasteiger partial charge in [0.05, 0.1) is 0 Å². The fourth-order valence-corrected chi connectivity index (χ4v) is 0.750. The quantitative estimate of drug-likeness (QED) is 0.583. The van der Waals surface area contributed by atoms with Crippen molar-refractivity contribution in [1.82, 2.24) is 0 Å². The molecular weight excluding hydrogens is 164 g/mol. The van der Waals surface area contributed by atoms with Gasteiger partial charge in [-0.05, 0) is 0 Å². The van der Waals surface area contributed by atoms with E-state index in [2.05, 4.69) is 32.9 Å². The van der Waals surface area contributed by atoms with Crippen LogP contribution in [0, 0.1) is 0 Å². The molecule has 2 heteroatoms. The van der Waals surface area contributed by atoms with Crippen LogP contribution in [-0.4, -0.2) is 18.3 Å². The average Bonchev–Trinajstić information content (AvgIpc) is 2.05. The van der Waals surface area contributed by atoms with Crippen LogP contribution in [0.2, 0.25) is 6.55 Å². The van der Waals surface area contributed by atoms with Crippen LogP contribution < -0.4 is 0 Å². The summed E-state index contributed by atoms with van der Waals surface area (Å²) in [6.07, 6.45) is 0. The van der Waals surface area contributed by atoms with E-state index in [0.29, 0.717) is 0 Å². The van der Waals surface area contributed by atoms with Gasteiger partial charge < -0.3 is 0 Å². The summed E-state index contributed by atoms with van der Waals surface area (Å²) in [4.78, 5) is 0. The summed E-state index contributed by atoms with van der Waals surface area (Å²) in [5.41, 5.74) is 7.74. The van der Waals surface area contributed by atoms with Crippen LogP contribution in [-0.2, 0) is 0 Å². The second-order valence-corrected chi connectivity index (χ2v) is 7.16. The summed E-state index contributed by atoms with van der Waals surface area (Å²) in [7, 11) is -0.247. The van der Waals surface area contributed by atoms with E-state index in [4.69, 9.17) is 0 Å². The van der Waals surface area contributed by atoms with Crippen molar-refractivity contribution in [2.24, 2.45) is 0 Å². The summed E-state index contributed by atoms with van der Waals surface area (Å²) < 4.78 is 0. The van der Waals surface area contributed by atoms with Gasteiger partial charge in [0.25, 0.3) is 0 Å². The summed E-state index contributed by atoms with van der Waals surface area (Å²) in [6.45, 7) is 16.6. The van der Waals surface area contributed by atoms with Gasteiger partial charge in [-0.15, -0.1) is 32.0 Å². The normalized spacial score (nSPS) is 8.82. The first-order valence-corrected chi connectivity index (χ1v) is 7.46. The van der Waals surface area contributed by atoms with E-state index in [1.807, 2.05) is 22.8 Å². The van der Waals surface area contributed by atoms with E-state index in [1.54, 1.807) is 0 Å². The minimum absolute atomic E-state index is 1.13. The van der Waals surface area contributed by atoms with Crippen LogP contribution in [0.5, 0.6) is 0 Å². The van der Waals surface area contributed by atoms with Crippen LogP contribution in [0.3, 0.4) is 0 Å². The molecule has 0 atom stereocenters. The Balaban J connectivity index is 0. The molecule has 0 aromatic carbocycles. The molecule has 62 valence electrons. The summed E-state index contributed by atoms with van der Waals surface area (Å²) in [5, 5.41) is 0. The second-order valence-electron chi connectivity index (χ2n) is 2.39. The van der Waals surface area contributed by atoms with Crippen LogP contribution in [0.15, 0.2) is 49.1 Å². The predicted molar refractivity (Wildman–Crippen MR) is 62.3 cm³/mol. The molecule has 0 nitrogen and oxygen atoms in total. The molecule has 0 spiro atoms. The zero-order chi connectivity index (χ0) is 9.33. The van der Waals surface area contributed by atoms with Gasteiger partial charge in [0.1, 0.15) is 8.07 Å². The molecule has 0 saturated carbocycles. The van der Waals surface area contributed by atoms with E-state index in [1.165, 1.54) is 0 Å².